The third-order valence-electron chi connectivity index (χ3n) is 3.56. The molecule has 0 atom stereocenters. The Morgan fingerprint density at radius 1 is 1.04 bits per heavy atom. The lowest BCUT2D eigenvalue weighted by atomic mass is 10.1. The van der Waals surface area contributed by atoms with Gasteiger partial charge in [0.25, 0.3) is 5.91 Å². The first-order chi connectivity index (χ1) is 12.0. The zero-order valence-electron chi connectivity index (χ0n) is 13.8. The predicted molar refractivity (Wildman–Crippen MR) is 89.8 cm³/mol. The van der Waals surface area contributed by atoms with Gasteiger partial charge in [-0.3, -0.25) is 14.4 Å². The van der Waals surface area contributed by atoms with Crippen molar-refractivity contribution in [2.24, 2.45) is 0 Å². The molecule has 0 aromatic heterocycles. The fraction of sp³-hybridized carbons (Fsp3) is 0.211. The average molecular weight is 343 g/mol. The molecule has 0 saturated heterocycles. The minimum Gasteiger partial charge on any atom is -0.456 e. The van der Waals surface area contributed by atoms with Crippen molar-refractivity contribution in [2.45, 2.75) is 13.3 Å². The topological polar surface area (TPSA) is 72.5 Å². The van der Waals surface area contributed by atoms with Crippen molar-refractivity contribution >= 4 is 17.7 Å². The number of ether oxygens (including phenoxy) is 1. The molecule has 0 fully saturated rings. The zero-order chi connectivity index (χ0) is 18.2. The van der Waals surface area contributed by atoms with E-state index in [0.29, 0.717) is 5.56 Å². The molecular weight excluding hydrogens is 325 g/mol. The van der Waals surface area contributed by atoms with Gasteiger partial charge in [0.05, 0.1) is 5.56 Å². The van der Waals surface area contributed by atoms with Crippen LogP contribution in [0.2, 0.25) is 0 Å². The van der Waals surface area contributed by atoms with Crippen molar-refractivity contribution in [2.75, 3.05) is 13.2 Å². The number of aryl methyl sites for hydroxylation is 1. The number of carbonyl (C=O) groups is 3. The number of nitrogens with one attached hydrogen (secondary N) is 1. The maximum absolute atomic E-state index is 13.4. The Balaban J connectivity index is 1.79. The SMILES string of the molecule is CCc1ccc(C(=O)COC(=O)CNC(=O)c2ccccc2F)cc1. The van der Waals surface area contributed by atoms with Gasteiger partial charge in [0.2, 0.25) is 0 Å². The van der Waals surface area contributed by atoms with E-state index in [2.05, 4.69) is 5.32 Å². The molecule has 25 heavy (non-hydrogen) atoms. The monoisotopic (exact) mass is 343 g/mol. The lowest BCUT2D eigenvalue weighted by molar-refractivity contribution is -0.141. The zero-order valence-corrected chi connectivity index (χ0v) is 13.8. The van der Waals surface area contributed by atoms with Crippen molar-refractivity contribution in [1.29, 1.82) is 0 Å². The third kappa shape index (κ3) is 5.24. The van der Waals surface area contributed by atoms with E-state index in [1.807, 2.05) is 19.1 Å². The fourth-order valence-corrected chi connectivity index (χ4v) is 2.10. The molecule has 1 amide bonds. The lowest BCUT2D eigenvalue weighted by Crippen LogP contribution is -2.32. The second-order valence-corrected chi connectivity index (χ2v) is 5.30. The standard InChI is InChI=1S/C19H18FNO4/c1-2-13-7-9-14(10-8-13)17(22)12-25-18(23)11-21-19(24)15-5-3-4-6-16(15)20/h3-10H,2,11-12H2,1H3,(H,21,24). The normalized spacial score (nSPS) is 10.2. The number of esters is 1. The minimum absolute atomic E-state index is 0.164. The second-order valence-electron chi connectivity index (χ2n) is 5.30. The van der Waals surface area contributed by atoms with E-state index in [1.165, 1.54) is 18.2 Å². The van der Waals surface area contributed by atoms with Gasteiger partial charge in [-0.15, -0.1) is 0 Å². The quantitative estimate of drug-likeness (QED) is 0.619. The van der Waals surface area contributed by atoms with Gasteiger partial charge in [-0.2, -0.15) is 0 Å². The summed E-state index contributed by atoms with van der Waals surface area (Å²) >= 11 is 0. The van der Waals surface area contributed by atoms with Gasteiger partial charge in [-0.1, -0.05) is 43.3 Å². The van der Waals surface area contributed by atoms with Crippen molar-refractivity contribution in [3.8, 4) is 0 Å². The summed E-state index contributed by atoms with van der Waals surface area (Å²) in [5.74, 6) is -2.52. The van der Waals surface area contributed by atoms with Crippen LogP contribution in [-0.2, 0) is 16.0 Å². The smallest absolute Gasteiger partial charge is 0.325 e. The van der Waals surface area contributed by atoms with Crippen LogP contribution in [0.1, 0.15) is 33.2 Å². The van der Waals surface area contributed by atoms with Crippen LogP contribution in [0.4, 0.5) is 4.39 Å². The highest BCUT2D eigenvalue weighted by molar-refractivity contribution is 5.98. The largest absolute Gasteiger partial charge is 0.456 e. The number of carbonyl (C=O) groups excluding carboxylic acids is 3. The van der Waals surface area contributed by atoms with Crippen LogP contribution in [0, 0.1) is 5.82 Å². The van der Waals surface area contributed by atoms with Crippen LogP contribution in [0.15, 0.2) is 48.5 Å². The third-order valence-corrected chi connectivity index (χ3v) is 3.56. The van der Waals surface area contributed by atoms with Gasteiger partial charge in [-0.25, -0.2) is 4.39 Å². The van der Waals surface area contributed by atoms with Crippen molar-refractivity contribution in [3.05, 3.63) is 71.0 Å². The van der Waals surface area contributed by atoms with E-state index in [9.17, 15) is 18.8 Å². The summed E-state index contributed by atoms with van der Waals surface area (Å²) in [6.07, 6.45) is 0.866. The van der Waals surface area contributed by atoms with Crippen LogP contribution in [0.3, 0.4) is 0 Å². The maximum Gasteiger partial charge on any atom is 0.325 e. The van der Waals surface area contributed by atoms with Gasteiger partial charge >= 0.3 is 5.97 Å². The van der Waals surface area contributed by atoms with E-state index < -0.39 is 30.8 Å². The molecule has 0 aliphatic rings. The van der Waals surface area contributed by atoms with Crippen LogP contribution in [0.25, 0.3) is 0 Å². The molecule has 2 aromatic carbocycles. The number of Topliss-reactive ketones (excluding diaryl/α,β-unsaturated/α-hetero) is 1. The summed E-state index contributed by atoms with van der Waals surface area (Å²) in [6.45, 7) is 1.14. The Hall–Kier alpha value is -3.02. The van der Waals surface area contributed by atoms with Gasteiger partial charge < -0.3 is 10.1 Å². The second kappa shape index (κ2) is 8.73. The molecule has 0 heterocycles. The lowest BCUT2D eigenvalue weighted by Gasteiger charge is -2.07. The summed E-state index contributed by atoms with van der Waals surface area (Å²) in [7, 11) is 0. The molecule has 0 saturated carbocycles. The molecule has 2 rings (SSSR count). The summed E-state index contributed by atoms with van der Waals surface area (Å²) in [4.78, 5) is 35.3. The van der Waals surface area contributed by atoms with Crippen molar-refractivity contribution in [1.82, 2.24) is 5.32 Å². The highest BCUT2D eigenvalue weighted by atomic mass is 19.1. The first kappa shape index (κ1) is 18.3. The number of hydrogen-bond donors (Lipinski definition) is 1. The van der Waals surface area contributed by atoms with E-state index in [1.54, 1.807) is 12.1 Å². The van der Waals surface area contributed by atoms with Gasteiger partial charge in [0.1, 0.15) is 12.4 Å². The number of ketones is 1. The van der Waals surface area contributed by atoms with E-state index in [4.69, 9.17) is 4.74 Å². The highest BCUT2D eigenvalue weighted by Crippen LogP contribution is 2.07. The minimum atomic E-state index is -0.775. The number of benzene rings is 2. The Bertz CT molecular complexity index is 771. The molecule has 2 aromatic rings. The number of hydrogen-bond acceptors (Lipinski definition) is 4. The molecular formula is C19H18FNO4. The van der Waals surface area contributed by atoms with Crippen molar-refractivity contribution < 1.29 is 23.5 Å². The molecule has 5 nitrogen and oxygen atoms in total. The summed E-state index contributed by atoms with van der Waals surface area (Å²) in [5, 5.41) is 2.25. The first-order valence-corrected chi connectivity index (χ1v) is 7.81. The molecule has 130 valence electrons. The Morgan fingerprint density at radius 3 is 2.36 bits per heavy atom. The summed E-state index contributed by atoms with van der Waals surface area (Å²) in [5.41, 5.74) is 1.38. The Labute approximate surface area is 144 Å². The Morgan fingerprint density at radius 2 is 1.72 bits per heavy atom. The van der Waals surface area contributed by atoms with Crippen molar-refractivity contribution in [3.63, 3.8) is 0 Å². The van der Waals surface area contributed by atoms with E-state index in [-0.39, 0.29) is 11.3 Å². The van der Waals surface area contributed by atoms with Gasteiger partial charge in [0.15, 0.2) is 12.4 Å². The van der Waals surface area contributed by atoms with Gasteiger partial charge in [0, 0.05) is 5.56 Å². The summed E-state index contributed by atoms with van der Waals surface area (Å²) in [6, 6.07) is 12.4. The van der Waals surface area contributed by atoms with Crippen LogP contribution in [-0.4, -0.2) is 30.8 Å². The predicted octanol–water partition coefficient (Wildman–Crippen LogP) is 2.54. The van der Waals surface area contributed by atoms with Crippen LogP contribution < -0.4 is 5.32 Å². The fourth-order valence-electron chi connectivity index (χ4n) is 2.10. The van der Waals surface area contributed by atoms with Crippen LogP contribution in [0.5, 0.6) is 0 Å². The molecule has 0 radical (unpaired) electrons. The highest BCUT2D eigenvalue weighted by Gasteiger charge is 2.14. The van der Waals surface area contributed by atoms with E-state index in [0.717, 1.165) is 18.1 Å². The number of rotatable bonds is 7. The number of amides is 1. The molecule has 0 aliphatic heterocycles. The molecule has 0 bridgehead atoms. The summed E-state index contributed by atoms with van der Waals surface area (Å²) < 4.78 is 18.3. The molecule has 6 heteroatoms. The molecule has 0 unspecified atom stereocenters. The molecule has 1 N–H and O–H groups in total. The van der Waals surface area contributed by atoms with Gasteiger partial charge in [-0.05, 0) is 24.1 Å². The maximum atomic E-state index is 13.4. The van der Waals surface area contributed by atoms with Crippen LogP contribution >= 0.6 is 0 Å². The molecule has 0 aliphatic carbocycles. The Kier molecular flexibility index (Phi) is 6.39. The first-order valence-electron chi connectivity index (χ1n) is 7.81. The van der Waals surface area contributed by atoms with E-state index >= 15 is 0 Å². The average Bonchev–Trinajstić information content (AvgIpc) is 2.64. The molecule has 0 spiro atoms. The number of halogens is 1.